The summed E-state index contributed by atoms with van der Waals surface area (Å²) in [5, 5.41) is 23.3. The van der Waals surface area contributed by atoms with Gasteiger partial charge < -0.3 is 10.6 Å². The molecule has 5 heteroatoms. The van der Waals surface area contributed by atoms with Crippen LogP contribution in [0.2, 0.25) is 0 Å². The van der Waals surface area contributed by atoms with Gasteiger partial charge in [0.15, 0.2) is 0 Å². The number of hydrogen-bond acceptors (Lipinski definition) is 5. The molecule has 7 heavy (non-hydrogen) atoms. The van der Waals surface area contributed by atoms with Crippen molar-refractivity contribution in [1.82, 2.24) is 5.23 Å². The van der Waals surface area contributed by atoms with Crippen molar-refractivity contribution >= 4 is 6.21 Å². The molecule has 0 radical (unpaired) electrons. The molecule has 5 nitrogen and oxygen atoms in total. The Bertz CT molecular complexity index is 56.9. The molecular weight excluding hydrogens is 100 g/mol. The Hall–Kier alpha value is -0.490. The third kappa shape index (κ3) is 3.34. The molecule has 0 heterocycles. The average molecular weight is 105 g/mol. The van der Waals surface area contributed by atoms with Crippen molar-refractivity contribution < 1.29 is 10.2 Å². The van der Waals surface area contributed by atoms with Gasteiger partial charge in [-0.2, -0.15) is 4.99 Å². The van der Waals surface area contributed by atoms with Crippen LogP contribution in [0.4, 0.5) is 0 Å². The summed E-state index contributed by atoms with van der Waals surface area (Å²) in [7, 11) is 0. The molecular formula is C2H5N2O3-. The monoisotopic (exact) mass is 105 g/mol. The third-order valence-electron chi connectivity index (χ3n) is 0.331. The van der Waals surface area contributed by atoms with E-state index in [0.29, 0.717) is 0 Å². The highest BCUT2D eigenvalue weighted by Gasteiger charge is 1.79. The second-order valence-corrected chi connectivity index (χ2v) is 0.801. The van der Waals surface area contributed by atoms with Gasteiger partial charge in [0.05, 0.1) is 0 Å². The van der Waals surface area contributed by atoms with Crippen LogP contribution in [-0.4, -0.2) is 23.2 Å². The van der Waals surface area contributed by atoms with Crippen molar-refractivity contribution in [3.05, 3.63) is 5.21 Å². The summed E-state index contributed by atoms with van der Waals surface area (Å²) in [6.07, 6.45) is 0.809. The standard InChI is InChI=1S/C2H5N2O3/c3-1-2-4(5)7-6/h1,3,6H,2H2/q-1. The summed E-state index contributed by atoms with van der Waals surface area (Å²) in [6, 6.07) is 0. The molecule has 2 N–H and O–H groups in total. The highest BCUT2D eigenvalue weighted by Crippen LogP contribution is 1.75. The van der Waals surface area contributed by atoms with E-state index in [9.17, 15) is 5.21 Å². The SMILES string of the molecule is N=CCN([O-])OO. The van der Waals surface area contributed by atoms with Crippen LogP contribution in [0, 0.1) is 10.6 Å². The predicted octanol–water partition coefficient (Wildman–Crippen LogP) is -0.160. The van der Waals surface area contributed by atoms with Crippen LogP contribution in [0.5, 0.6) is 0 Å². The van der Waals surface area contributed by atoms with E-state index in [-0.39, 0.29) is 11.8 Å². The first kappa shape index (κ1) is 6.51. The van der Waals surface area contributed by atoms with Gasteiger partial charge in [0.25, 0.3) is 0 Å². The average Bonchev–Trinajstić information content (AvgIpc) is 1.68. The molecule has 0 atom stereocenters. The maximum Gasteiger partial charge on any atom is 0.0483 e. The Kier molecular flexibility index (Phi) is 3.43. The Balaban J connectivity index is 2.98. The highest BCUT2D eigenvalue weighted by atomic mass is 17.2. The van der Waals surface area contributed by atoms with Gasteiger partial charge in [-0.1, -0.05) is 0 Å². The Morgan fingerprint density at radius 3 is 2.71 bits per heavy atom. The van der Waals surface area contributed by atoms with E-state index in [1.54, 1.807) is 0 Å². The summed E-state index contributed by atoms with van der Waals surface area (Å²) in [4.78, 5) is 3.12. The number of hydroxylamine groups is 2. The number of nitrogens with one attached hydrogen (secondary N) is 1. The van der Waals surface area contributed by atoms with E-state index in [4.69, 9.17) is 10.7 Å². The second kappa shape index (κ2) is 3.69. The van der Waals surface area contributed by atoms with E-state index >= 15 is 0 Å². The van der Waals surface area contributed by atoms with Gasteiger partial charge in [-0.25, -0.2) is 10.5 Å². The van der Waals surface area contributed by atoms with E-state index < -0.39 is 0 Å². The van der Waals surface area contributed by atoms with Gasteiger partial charge in [0.2, 0.25) is 0 Å². The van der Waals surface area contributed by atoms with Crippen LogP contribution >= 0.6 is 0 Å². The lowest BCUT2D eigenvalue weighted by molar-refractivity contribution is -0.373. The molecule has 0 bridgehead atoms. The highest BCUT2D eigenvalue weighted by molar-refractivity contribution is 5.55. The molecule has 0 amide bonds. The van der Waals surface area contributed by atoms with Gasteiger partial charge in [0, 0.05) is 12.8 Å². The molecule has 0 spiro atoms. The molecule has 0 aromatic carbocycles. The molecule has 0 aliphatic heterocycles. The van der Waals surface area contributed by atoms with Crippen LogP contribution in [0.15, 0.2) is 0 Å². The fourth-order valence-electron chi connectivity index (χ4n) is 0.108. The largest absolute Gasteiger partial charge is 0.760 e. The lowest BCUT2D eigenvalue weighted by Crippen LogP contribution is -2.16. The quantitative estimate of drug-likeness (QED) is 0.297. The van der Waals surface area contributed by atoms with Gasteiger partial charge in [-0.15, -0.1) is 0 Å². The van der Waals surface area contributed by atoms with Gasteiger partial charge in [-0.05, 0) is 0 Å². The third-order valence-corrected chi connectivity index (χ3v) is 0.331. The lowest BCUT2D eigenvalue weighted by Gasteiger charge is -2.18. The van der Waals surface area contributed by atoms with Crippen molar-refractivity contribution in [2.75, 3.05) is 6.54 Å². The van der Waals surface area contributed by atoms with Crippen molar-refractivity contribution in [2.24, 2.45) is 0 Å². The van der Waals surface area contributed by atoms with Crippen LogP contribution in [-0.2, 0) is 4.99 Å². The van der Waals surface area contributed by atoms with E-state index in [2.05, 4.69) is 4.99 Å². The summed E-state index contributed by atoms with van der Waals surface area (Å²) in [5.41, 5.74) is 0. The van der Waals surface area contributed by atoms with Crippen LogP contribution in [0.1, 0.15) is 0 Å². The summed E-state index contributed by atoms with van der Waals surface area (Å²) >= 11 is 0. The minimum Gasteiger partial charge on any atom is -0.760 e. The molecule has 0 aromatic heterocycles. The molecule has 0 saturated carbocycles. The minimum atomic E-state index is -0.253. The fraction of sp³-hybridized carbons (Fsp3) is 0.500. The van der Waals surface area contributed by atoms with Crippen LogP contribution in [0.3, 0.4) is 0 Å². The van der Waals surface area contributed by atoms with Gasteiger partial charge in [-0.3, -0.25) is 0 Å². The molecule has 42 valence electrons. The topological polar surface area (TPSA) is 79.6 Å². The Morgan fingerprint density at radius 1 is 2.00 bits per heavy atom. The molecule has 0 aliphatic rings. The molecule has 0 saturated heterocycles. The van der Waals surface area contributed by atoms with Crippen molar-refractivity contribution in [3.8, 4) is 0 Å². The minimum absolute atomic E-state index is 0.132. The first-order valence-corrected chi connectivity index (χ1v) is 1.56. The number of hydrogen-bond donors (Lipinski definition) is 2. The van der Waals surface area contributed by atoms with E-state index in [1.165, 1.54) is 0 Å². The van der Waals surface area contributed by atoms with Crippen molar-refractivity contribution in [1.29, 1.82) is 5.41 Å². The zero-order valence-electron chi connectivity index (χ0n) is 3.50. The molecule has 0 aromatic rings. The Morgan fingerprint density at radius 2 is 2.57 bits per heavy atom. The molecule has 0 aliphatic carbocycles. The smallest absolute Gasteiger partial charge is 0.0483 e. The molecule has 0 fully saturated rings. The zero-order chi connectivity index (χ0) is 5.70. The summed E-state index contributed by atoms with van der Waals surface area (Å²) < 4.78 is 0. The van der Waals surface area contributed by atoms with Crippen molar-refractivity contribution in [3.63, 3.8) is 0 Å². The Labute approximate surface area is 40.1 Å². The molecule has 0 rings (SSSR count). The fourth-order valence-corrected chi connectivity index (χ4v) is 0.108. The lowest BCUT2D eigenvalue weighted by atomic mass is 10.8. The van der Waals surface area contributed by atoms with Crippen LogP contribution in [0.25, 0.3) is 0 Å². The van der Waals surface area contributed by atoms with Gasteiger partial charge >= 0.3 is 0 Å². The van der Waals surface area contributed by atoms with Crippen molar-refractivity contribution in [2.45, 2.75) is 0 Å². The first-order chi connectivity index (χ1) is 3.31. The maximum atomic E-state index is 9.70. The maximum absolute atomic E-state index is 9.70. The number of rotatable bonds is 3. The zero-order valence-corrected chi connectivity index (χ0v) is 3.50. The normalized spacial score (nSPS) is 9.57. The second-order valence-electron chi connectivity index (χ2n) is 0.801. The van der Waals surface area contributed by atoms with E-state index in [0.717, 1.165) is 6.21 Å². The predicted molar refractivity (Wildman–Crippen MR) is 22.6 cm³/mol. The molecule has 0 unspecified atom stereocenters. The first-order valence-electron chi connectivity index (χ1n) is 1.56. The summed E-state index contributed by atoms with van der Waals surface area (Å²) in [5.74, 6) is 0. The summed E-state index contributed by atoms with van der Waals surface area (Å²) in [6.45, 7) is -0.253. The number of nitrogens with zero attached hydrogens (tertiary/aromatic N) is 1. The van der Waals surface area contributed by atoms with E-state index in [1.807, 2.05) is 0 Å². The van der Waals surface area contributed by atoms with Crippen LogP contribution < -0.4 is 0 Å². The van der Waals surface area contributed by atoms with Gasteiger partial charge in [0.1, 0.15) is 0 Å².